The van der Waals surface area contributed by atoms with Gasteiger partial charge in [-0.1, -0.05) is 18.2 Å². The largest absolute Gasteiger partial charge is 0.416 e. The minimum absolute atomic E-state index is 0.0169. The highest BCUT2D eigenvalue weighted by molar-refractivity contribution is 7.89. The molecule has 1 saturated heterocycles. The number of nitrogens with zero attached hydrogens (tertiary/aromatic N) is 1. The van der Waals surface area contributed by atoms with Gasteiger partial charge in [0, 0.05) is 6.54 Å². The Balaban J connectivity index is 1.97. The van der Waals surface area contributed by atoms with Crippen LogP contribution in [0.1, 0.15) is 36.4 Å². The highest BCUT2D eigenvalue weighted by Crippen LogP contribution is 2.42. The predicted octanol–water partition coefficient (Wildman–Crippen LogP) is 2.55. The number of hydrogen-bond acceptors (Lipinski definition) is 3. The minimum atomic E-state index is -4.56. The number of hydrogen-bond donors (Lipinski definition) is 1. The van der Waals surface area contributed by atoms with Crippen LogP contribution >= 0.6 is 0 Å². The van der Waals surface area contributed by atoms with Crippen LogP contribution in [0.3, 0.4) is 0 Å². The summed E-state index contributed by atoms with van der Waals surface area (Å²) in [6, 6.07) is 4.02. The monoisotopic (exact) mass is 349 g/mol. The summed E-state index contributed by atoms with van der Waals surface area (Å²) in [6.45, 7) is -0.147. The molecule has 0 radical (unpaired) electrons. The Bertz CT molecular complexity index is 685. The highest BCUT2D eigenvalue weighted by atomic mass is 32.2. The Kier molecular flexibility index (Phi) is 4.18. The molecule has 8 heteroatoms. The maximum absolute atomic E-state index is 13.2. The fraction of sp³-hybridized carbons (Fsp3) is 0.600. The first-order valence-corrected chi connectivity index (χ1v) is 9.13. The normalized spacial score (nSPS) is 26.6. The second-order valence-corrected chi connectivity index (χ2v) is 8.25. The van der Waals surface area contributed by atoms with Gasteiger partial charge in [0.15, 0.2) is 0 Å². The third kappa shape index (κ3) is 3.54. The Hall–Kier alpha value is -1.12. The van der Waals surface area contributed by atoms with Crippen molar-refractivity contribution in [3.05, 3.63) is 35.4 Å². The maximum atomic E-state index is 13.2. The average Bonchev–Trinajstić information content (AvgIpc) is 3.15. The van der Waals surface area contributed by atoms with E-state index in [1.54, 1.807) is 0 Å². The lowest BCUT2D eigenvalue weighted by atomic mass is 9.98. The van der Waals surface area contributed by atoms with Gasteiger partial charge in [0.1, 0.15) is 0 Å². The molecule has 1 aromatic rings. The second kappa shape index (κ2) is 5.75. The van der Waals surface area contributed by atoms with Crippen molar-refractivity contribution in [1.82, 2.24) is 4.31 Å². The van der Waals surface area contributed by atoms with Gasteiger partial charge in [-0.3, -0.25) is 0 Å². The summed E-state index contributed by atoms with van der Waals surface area (Å²) in [6.07, 6.45) is -3.86. The maximum Gasteiger partial charge on any atom is 0.416 e. The van der Waals surface area contributed by atoms with Gasteiger partial charge >= 0.3 is 6.18 Å². The summed E-state index contributed by atoms with van der Waals surface area (Å²) >= 11 is 0. The van der Waals surface area contributed by atoms with Gasteiger partial charge in [-0.25, -0.2) is 8.42 Å². The van der Waals surface area contributed by atoms with E-state index in [2.05, 4.69) is 0 Å². The summed E-state index contributed by atoms with van der Waals surface area (Å²) in [5, 5.41) is 9.85. The molecule has 128 valence electrons. The first-order chi connectivity index (χ1) is 10.7. The van der Waals surface area contributed by atoms with Crippen LogP contribution in [-0.4, -0.2) is 36.2 Å². The molecule has 0 amide bonds. The van der Waals surface area contributed by atoms with Gasteiger partial charge in [-0.15, -0.1) is 0 Å². The van der Waals surface area contributed by atoms with Gasteiger partial charge in [0.2, 0.25) is 10.0 Å². The van der Waals surface area contributed by atoms with Crippen molar-refractivity contribution in [2.75, 3.05) is 12.3 Å². The van der Waals surface area contributed by atoms with Crippen LogP contribution in [0.2, 0.25) is 0 Å². The number of aliphatic hydroxyl groups excluding tert-OH is 1. The number of alkyl halides is 3. The SMILES string of the molecule is O=S(=O)(CC1CC1)N1C[C@H](O)C[C@@H]1c1ccccc1C(F)(F)F. The smallest absolute Gasteiger partial charge is 0.392 e. The Morgan fingerprint density at radius 1 is 1.22 bits per heavy atom. The molecule has 0 spiro atoms. The van der Waals surface area contributed by atoms with Crippen molar-refractivity contribution in [1.29, 1.82) is 0 Å². The molecule has 1 aliphatic carbocycles. The summed E-state index contributed by atoms with van der Waals surface area (Å²) in [7, 11) is -3.68. The zero-order valence-corrected chi connectivity index (χ0v) is 13.1. The molecule has 1 N–H and O–H groups in total. The molecule has 1 aromatic carbocycles. The van der Waals surface area contributed by atoms with Crippen LogP contribution in [-0.2, 0) is 16.2 Å². The molecule has 0 aromatic heterocycles. The standard InChI is InChI=1S/C15H18F3NO3S/c16-15(17,18)13-4-2-1-3-12(13)14-7-11(20)8-19(14)23(21,22)9-10-5-6-10/h1-4,10-11,14,20H,5-9H2/t11-,14-/m1/s1. The van der Waals surface area contributed by atoms with E-state index in [0.717, 1.165) is 23.2 Å². The van der Waals surface area contributed by atoms with Crippen molar-refractivity contribution in [2.24, 2.45) is 5.92 Å². The molecule has 3 rings (SSSR count). The lowest BCUT2D eigenvalue weighted by Gasteiger charge is -2.26. The molecule has 2 fully saturated rings. The van der Waals surface area contributed by atoms with Crippen LogP contribution in [0.4, 0.5) is 13.2 Å². The molecule has 0 bridgehead atoms. The number of sulfonamides is 1. The van der Waals surface area contributed by atoms with Gasteiger partial charge in [0.05, 0.1) is 23.5 Å². The van der Waals surface area contributed by atoms with Gasteiger partial charge in [0.25, 0.3) is 0 Å². The number of rotatable bonds is 4. The molecule has 4 nitrogen and oxygen atoms in total. The van der Waals surface area contributed by atoms with Crippen molar-refractivity contribution in [3.63, 3.8) is 0 Å². The van der Waals surface area contributed by atoms with E-state index in [1.807, 2.05) is 0 Å². The molecule has 23 heavy (non-hydrogen) atoms. The van der Waals surface area contributed by atoms with E-state index in [1.165, 1.54) is 18.2 Å². The van der Waals surface area contributed by atoms with E-state index in [4.69, 9.17) is 0 Å². The number of benzene rings is 1. The van der Waals surface area contributed by atoms with Gasteiger partial charge in [-0.05, 0) is 36.8 Å². The van der Waals surface area contributed by atoms with Crippen molar-refractivity contribution < 1.29 is 26.7 Å². The minimum Gasteiger partial charge on any atom is -0.392 e. The van der Waals surface area contributed by atoms with Crippen molar-refractivity contribution in [2.45, 2.75) is 37.6 Å². The Morgan fingerprint density at radius 3 is 2.48 bits per heavy atom. The summed E-state index contributed by atoms with van der Waals surface area (Å²) < 4.78 is 65.7. The summed E-state index contributed by atoms with van der Waals surface area (Å²) in [5.41, 5.74) is -0.929. The molecular weight excluding hydrogens is 331 g/mol. The third-order valence-electron chi connectivity index (χ3n) is 4.36. The quantitative estimate of drug-likeness (QED) is 0.909. The van der Waals surface area contributed by atoms with Crippen LogP contribution < -0.4 is 0 Å². The lowest BCUT2D eigenvalue weighted by molar-refractivity contribution is -0.138. The van der Waals surface area contributed by atoms with Crippen LogP contribution in [0, 0.1) is 5.92 Å². The highest BCUT2D eigenvalue weighted by Gasteiger charge is 2.45. The van der Waals surface area contributed by atoms with Crippen LogP contribution in [0.5, 0.6) is 0 Å². The predicted molar refractivity (Wildman–Crippen MR) is 78.0 cm³/mol. The van der Waals surface area contributed by atoms with Crippen molar-refractivity contribution in [3.8, 4) is 0 Å². The Morgan fingerprint density at radius 2 is 1.87 bits per heavy atom. The molecule has 1 aliphatic heterocycles. The third-order valence-corrected chi connectivity index (χ3v) is 6.37. The van der Waals surface area contributed by atoms with E-state index in [0.29, 0.717) is 0 Å². The number of β-amino-alcohol motifs (C(OH)–C–C–N with tert-alkyl or cyclic N) is 1. The van der Waals surface area contributed by atoms with Gasteiger partial charge < -0.3 is 5.11 Å². The van der Waals surface area contributed by atoms with Crippen molar-refractivity contribution >= 4 is 10.0 Å². The fourth-order valence-corrected chi connectivity index (χ4v) is 5.21. The molecule has 2 aliphatic rings. The van der Waals surface area contributed by atoms with Crippen LogP contribution in [0.15, 0.2) is 24.3 Å². The topological polar surface area (TPSA) is 57.6 Å². The zero-order valence-electron chi connectivity index (χ0n) is 12.3. The van der Waals surface area contributed by atoms with E-state index < -0.39 is 33.9 Å². The van der Waals surface area contributed by atoms with Gasteiger partial charge in [-0.2, -0.15) is 17.5 Å². The molecular formula is C15H18F3NO3S. The first-order valence-electron chi connectivity index (χ1n) is 7.52. The fourth-order valence-electron chi connectivity index (χ4n) is 3.10. The number of halogens is 3. The summed E-state index contributed by atoms with van der Waals surface area (Å²) in [5.74, 6) is 0.0426. The second-order valence-electron chi connectivity index (χ2n) is 6.28. The Labute approximate surface area is 133 Å². The molecule has 1 heterocycles. The molecule has 1 saturated carbocycles. The van der Waals surface area contributed by atoms with E-state index in [9.17, 15) is 26.7 Å². The summed E-state index contributed by atoms with van der Waals surface area (Å²) in [4.78, 5) is 0. The van der Waals surface area contributed by atoms with E-state index >= 15 is 0 Å². The first kappa shape index (κ1) is 16.7. The molecule has 0 unspecified atom stereocenters. The lowest BCUT2D eigenvalue weighted by Crippen LogP contribution is -2.35. The zero-order chi connectivity index (χ0) is 16.8. The number of aliphatic hydroxyl groups is 1. The average molecular weight is 349 g/mol. The molecule has 2 atom stereocenters. The van der Waals surface area contributed by atoms with E-state index in [-0.39, 0.29) is 30.2 Å². The van der Waals surface area contributed by atoms with Crippen LogP contribution in [0.25, 0.3) is 0 Å².